The molecule has 7 nitrogen and oxygen atoms in total. The van der Waals surface area contributed by atoms with E-state index in [4.69, 9.17) is 4.74 Å². The van der Waals surface area contributed by atoms with Gasteiger partial charge < -0.3 is 4.74 Å². The molecule has 110 valence electrons. The summed E-state index contributed by atoms with van der Waals surface area (Å²) >= 11 is 0. The Morgan fingerprint density at radius 3 is 2.86 bits per heavy atom. The van der Waals surface area contributed by atoms with Gasteiger partial charge in [-0.2, -0.15) is 5.10 Å². The molecule has 21 heavy (non-hydrogen) atoms. The van der Waals surface area contributed by atoms with Crippen molar-refractivity contribution in [3.63, 3.8) is 0 Å². The molecule has 0 atom stereocenters. The Hall–Kier alpha value is -2.70. The molecule has 2 rings (SSSR count). The highest BCUT2D eigenvalue weighted by Gasteiger charge is 2.12. The summed E-state index contributed by atoms with van der Waals surface area (Å²) in [4.78, 5) is 22.0. The molecule has 0 spiro atoms. The van der Waals surface area contributed by atoms with Crippen LogP contribution in [0, 0.1) is 10.1 Å². The number of benzene rings is 1. The van der Waals surface area contributed by atoms with Crippen LogP contribution in [0.5, 0.6) is 0 Å². The Bertz CT molecular complexity index is 664. The number of carbonyl (C=O) groups is 1. The van der Waals surface area contributed by atoms with Crippen molar-refractivity contribution in [2.45, 2.75) is 26.5 Å². The van der Waals surface area contributed by atoms with Gasteiger partial charge in [0.1, 0.15) is 6.61 Å². The largest absolute Gasteiger partial charge is 0.457 e. The predicted octanol–water partition coefficient (Wildman–Crippen LogP) is 2.73. The smallest absolute Gasteiger partial charge is 0.341 e. The summed E-state index contributed by atoms with van der Waals surface area (Å²) < 4.78 is 6.78. The lowest BCUT2D eigenvalue weighted by Crippen LogP contribution is -2.05. The number of nitro groups is 1. The monoisotopic (exact) mass is 289 g/mol. The fourth-order valence-corrected chi connectivity index (χ4v) is 1.72. The van der Waals surface area contributed by atoms with Gasteiger partial charge in [0.15, 0.2) is 0 Å². The van der Waals surface area contributed by atoms with Crippen molar-refractivity contribution >= 4 is 11.7 Å². The summed E-state index contributed by atoms with van der Waals surface area (Å²) in [5.41, 5.74) is 0.888. The molecular weight excluding hydrogens is 274 g/mol. The van der Waals surface area contributed by atoms with Crippen LogP contribution in [0.4, 0.5) is 5.69 Å². The first-order valence-electron chi connectivity index (χ1n) is 6.42. The number of esters is 1. The van der Waals surface area contributed by atoms with Crippen molar-refractivity contribution in [3.05, 3.63) is 57.9 Å². The Labute approximate surface area is 121 Å². The van der Waals surface area contributed by atoms with Crippen LogP contribution in [0.3, 0.4) is 0 Å². The maximum absolute atomic E-state index is 11.9. The standard InChI is InChI=1S/C14H15N3O4/c1-10(2)16-8-12(7-15-16)14(18)21-9-11-4-3-5-13(6-11)17(19)20/h3-8,10H,9H2,1-2H3. The van der Waals surface area contributed by atoms with Gasteiger partial charge in [-0.1, -0.05) is 12.1 Å². The zero-order chi connectivity index (χ0) is 15.4. The maximum atomic E-state index is 11.9. The summed E-state index contributed by atoms with van der Waals surface area (Å²) in [6, 6.07) is 6.14. The van der Waals surface area contributed by atoms with Crippen LogP contribution in [0.1, 0.15) is 35.8 Å². The minimum Gasteiger partial charge on any atom is -0.457 e. The summed E-state index contributed by atoms with van der Waals surface area (Å²) in [5, 5.41) is 14.7. The first-order chi connectivity index (χ1) is 9.97. The quantitative estimate of drug-likeness (QED) is 0.480. The molecule has 0 bridgehead atoms. The first kappa shape index (κ1) is 14.7. The summed E-state index contributed by atoms with van der Waals surface area (Å²) in [6.45, 7) is 3.88. The molecule has 0 unspecified atom stereocenters. The molecule has 1 heterocycles. The normalized spacial score (nSPS) is 10.6. The molecule has 2 aromatic rings. The highest BCUT2D eigenvalue weighted by atomic mass is 16.6. The molecule has 0 aliphatic rings. The van der Waals surface area contributed by atoms with E-state index in [2.05, 4.69) is 5.10 Å². The number of hydrogen-bond acceptors (Lipinski definition) is 5. The molecule has 0 aliphatic carbocycles. The van der Waals surface area contributed by atoms with Crippen LogP contribution in [0.15, 0.2) is 36.7 Å². The number of non-ortho nitro benzene ring substituents is 1. The topological polar surface area (TPSA) is 87.3 Å². The minimum atomic E-state index is -0.506. The van der Waals surface area contributed by atoms with E-state index in [1.807, 2.05) is 13.8 Å². The van der Waals surface area contributed by atoms with E-state index in [-0.39, 0.29) is 18.3 Å². The molecule has 0 N–H and O–H groups in total. The van der Waals surface area contributed by atoms with Gasteiger partial charge >= 0.3 is 5.97 Å². The molecule has 0 radical (unpaired) electrons. The van der Waals surface area contributed by atoms with E-state index >= 15 is 0 Å². The number of nitrogens with zero attached hydrogens (tertiary/aromatic N) is 3. The number of hydrogen-bond donors (Lipinski definition) is 0. The van der Waals surface area contributed by atoms with Crippen LogP contribution in [-0.4, -0.2) is 20.7 Å². The average Bonchev–Trinajstić information content (AvgIpc) is 2.95. The Morgan fingerprint density at radius 2 is 2.24 bits per heavy atom. The van der Waals surface area contributed by atoms with Gasteiger partial charge in [0.2, 0.25) is 0 Å². The van der Waals surface area contributed by atoms with Gasteiger partial charge in [-0.05, 0) is 19.4 Å². The van der Waals surface area contributed by atoms with Crippen molar-refractivity contribution in [2.24, 2.45) is 0 Å². The summed E-state index contributed by atoms with van der Waals surface area (Å²) in [6.07, 6.45) is 3.05. The van der Waals surface area contributed by atoms with Gasteiger partial charge in [0.25, 0.3) is 5.69 Å². The van der Waals surface area contributed by atoms with Crippen molar-refractivity contribution < 1.29 is 14.5 Å². The number of carbonyl (C=O) groups excluding carboxylic acids is 1. The molecule has 0 amide bonds. The van der Waals surface area contributed by atoms with Gasteiger partial charge in [0, 0.05) is 24.4 Å². The third-order valence-corrected chi connectivity index (χ3v) is 2.86. The number of nitro benzene ring substituents is 1. The highest BCUT2D eigenvalue weighted by Crippen LogP contribution is 2.14. The second kappa shape index (κ2) is 6.17. The Kier molecular flexibility index (Phi) is 4.32. The van der Waals surface area contributed by atoms with E-state index in [1.165, 1.54) is 18.3 Å². The maximum Gasteiger partial charge on any atom is 0.341 e. The lowest BCUT2D eigenvalue weighted by atomic mass is 10.2. The van der Waals surface area contributed by atoms with Crippen LogP contribution >= 0.6 is 0 Å². The SMILES string of the molecule is CC(C)n1cc(C(=O)OCc2cccc([N+](=O)[O-])c2)cn1. The zero-order valence-electron chi connectivity index (χ0n) is 11.7. The van der Waals surface area contributed by atoms with Crippen molar-refractivity contribution in [3.8, 4) is 0 Å². The van der Waals surface area contributed by atoms with Gasteiger partial charge in [-0.15, -0.1) is 0 Å². The molecule has 0 saturated carbocycles. The molecular formula is C14H15N3O4. The third kappa shape index (κ3) is 3.65. The van der Waals surface area contributed by atoms with E-state index in [1.54, 1.807) is 23.0 Å². The highest BCUT2D eigenvalue weighted by molar-refractivity contribution is 5.88. The van der Waals surface area contributed by atoms with Crippen molar-refractivity contribution in [1.82, 2.24) is 9.78 Å². The van der Waals surface area contributed by atoms with Gasteiger partial charge in [-0.3, -0.25) is 14.8 Å². The Balaban J connectivity index is 2.00. The third-order valence-electron chi connectivity index (χ3n) is 2.86. The number of rotatable bonds is 5. The van der Waals surface area contributed by atoms with Crippen molar-refractivity contribution in [2.75, 3.05) is 0 Å². The van der Waals surface area contributed by atoms with Crippen molar-refractivity contribution in [1.29, 1.82) is 0 Å². The van der Waals surface area contributed by atoms with Crippen LogP contribution in [0.2, 0.25) is 0 Å². The first-order valence-corrected chi connectivity index (χ1v) is 6.42. The fourth-order valence-electron chi connectivity index (χ4n) is 1.72. The second-order valence-electron chi connectivity index (χ2n) is 4.81. The van der Waals surface area contributed by atoms with E-state index in [0.717, 1.165) is 0 Å². The van der Waals surface area contributed by atoms with Gasteiger partial charge in [0.05, 0.1) is 16.7 Å². The lowest BCUT2D eigenvalue weighted by Gasteiger charge is -2.04. The molecule has 7 heteroatoms. The fraction of sp³-hybridized carbons (Fsp3) is 0.286. The van der Waals surface area contributed by atoms with E-state index < -0.39 is 10.9 Å². The Morgan fingerprint density at radius 1 is 1.48 bits per heavy atom. The second-order valence-corrected chi connectivity index (χ2v) is 4.81. The minimum absolute atomic E-state index is 0.0205. The van der Waals surface area contributed by atoms with Crippen LogP contribution < -0.4 is 0 Å². The van der Waals surface area contributed by atoms with Crippen LogP contribution in [0.25, 0.3) is 0 Å². The zero-order valence-corrected chi connectivity index (χ0v) is 11.7. The van der Waals surface area contributed by atoms with E-state index in [9.17, 15) is 14.9 Å². The van der Waals surface area contributed by atoms with Gasteiger partial charge in [-0.25, -0.2) is 4.79 Å². The molecule has 1 aromatic carbocycles. The molecule has 1 aromatic heterocycles. The summed E-state index contributed by atoms with van der Waals surface area (Å²) in [5.74, 6) is -0.506. The number of aromatic nitrogens is 2. The average molecular weight is 289 g/mol. The number of ether oxygens (including phenoxy) is 1. The lowest BCUT2D eigenvalue weighted by molar-refractivity contribution is -0.384. The van der Waals surface area contributed by atoms with E-state index in [0.29, 0.717) is 11.1 Å². The predicted molar refractivity (Wildman–Crippen MR) is 74.8 cm³/mol. The molecule has 0 saturated heterocycles. The summed E-state index contributed by atoms with van der Waals surface area (Å²) in [7, 11) is 0. The molecule has 0 aliphatic heterocycles. The molecule has 0 fully saturated rings. The van der Waals surface area contributed by atoms with Crippen LogP contribution in [-0.2, 0) is 11.3 Å².